The molecule has 0 aliphatic rings. The van der Waals surface area contributed by atoms with Crippen LogP contribution < -0.4 is 11.1 Å². The number of hydrogen-bond acceptors (Lipinski definition) is 4. The maximum atomic E-state index is 12.9. The van der Waals surface area contributed by atoms with Gasteiger partial charge >= 0.3 is 12.0 Å². The van der Waals surface area contributed by atoms with Crippen molar-refractivity contribution in [1.82, 2.24) is 4.90 Å². The molecule has 0 aromatic heterocycles. The number of nitrogens with one attached hydrogen (secondary N) is 1. The molecule has 2 rings (SSSR count). The van der Waals surface area contributed by atoms with Crippen molar-refractivity contribution in [2.75, 3.05) is 18.4 Å². The fourth-order valence-electron chi connectivity index (χ4n) is 2.63. The third-order valence-corrected chi connectivity index (χ3v) is 3.99. The van der Waals surface area contributed by atoms with Gasteiger partial charge in [-0.3, -0.25) is 4.79 Å². The molecule has 0 aliphatic heterocycles. The second-order valence-corrected chi connectivity index (χ2v) is 5.78. The maximum absolute atomic E-state index is 12.9. The number of carbonyl (C=O) groups is 3. The summed E-state index contributed by atoms with van der Waals surface area (Å²) in [7, 11) is 0. The summed E-state index contributed by atoms with van der Waals surface area (Å²) >= 11 is 0. The van der Waals surface area contributed by atoms with E-state index in [2.05, 4.69) is 5.32 Å². The zero-order chi connectivity index (χ0) is 19.8. The monoisotopic (exact) mass is 369 g/mol. The Hall–Kier alpha value is -3.35. The number of urea groups is 1. The van der Waals surface area contributed by atoms with Crippen LogP contribution in [-0.4, -0.2) is 35.9 Å². The van der Waals surface area contributed by atoms with Crippen molar-refractivity contribution in [1.29, 1.82) is 0 Å². The Labute approximate surface area is 158 Å². The quantitative estimate of drug-likeness (QED) is 0.733. The van der Waals surface area contributed by atoms with E-state index in [1.54, 1.807) is 47.4 Å². The van der Waals surface area contributed by atoms with E-state index in [9.17, 15) is 14.4 Å². The molecule has 0 heterocycles. The first-order valence-electron chi connectivity index (χ1n) is 8.67. The lowest BCUT2D eigenvalue weighted by atomic mass is 10.1. The molecule has 0 bridgehead atoms. The number of hydrogen-bond donors (Lipinski definition) is 2. The number of likely N-dealkylation sites (N-methyl/N-ethyl adjacent to an activating group) is 1. The van der Waals surface area contributed by atoms with Gasteiger partial charge in [0.25, 0.3) is 5.91 Å². The van der Waals surface area contributed by atoms with Gasteiger partial charge in [0.05, 0.1) is 5.56 Å². The molecule has 0 spiro atoms. The fourth-order valence-corrected chi connectivity index (χ4v) is 2.63. The summed E-state index contributed by atoms with van der Waals surface area (Å²) < 4.78 is 5.55. The first-order chi connectivity index (χ1) is 13.0. The van der Waals surface area contributed by atoms with Gasteiger partial charge in [-0.05, 0) is 32.0 Å². The van der Waals surface area contributed by atoms with Gasteiger partial charge in [0.2, 0.25) is 6.10 Å². The van der Waals surface area contributed by atoms with Gasteiger partial charge in [-0.15, -0.1) is 0 Å². The second-order valence-electron chi connectivity index (χ2n) is 5.78. The predicted molar refractivity (Wildman–Crippen MR) is 102 cm³/mol. The molecule has 27 heavy (non-hydrogen) atoms. The summed E-state index contributed by atoms with van der Waals surface area (Å²) in [5.41, 5.74) is 6.25. The topological polar surface area (TPSA) is 102 Å². The number of carbonyl (C=O) groups excluding carboxylic acids is 3. The number of amides is 3. The van der Waals surface area contributed by atoms with Crippen LogP contribution in [0.2, 0.25) is 0 Å². The van der Waals surface area contributed by atoms with Gasteiger partial charge in [-0.25, -0.2) is 9.59 Å². The van der Waals surface area contributed by atoms with Crippen molar-refractivity contribution in [2.45, 2.75) is 20.0 Å². The molecule has 0 saturated carbocycles. The van der Waals surface area contributed by atoms with Gasteiger partial charge < -0.3 is 20.7 Å². The molecule has 0 fully saturated rings. The summed E-state index contributed by atoms with van der Waals surface area (Å²) in [6.07, 6.45) is -1.05. The third kappa shape index (κ3) is 5.31. The summed E-state index contributed by atoms with van der Waals surface area (Å²) in [6.45, 7) is 4.75. The first-order valence-corrected chi connectivity index (χ1v) is 8.67. The van der Waals surface area contributed by atoms with Crippen LogP contribution in [0, 0.1) is 0 Å². The van der Waals surface area contributed by atoms with Gasteiger partial charge in [0.15, 0.2) is 0 Å². The van der Waals surface area contributed by atoms with Crippen LogP contribution in [0.15, 0.2) is 54.6 Å². The Balaban J connectivity index is 2.28. The lowest BCUT2D eigenvalue weighted by Gasteiger charge is -2.25. The number of nitrogens with two attached hydrogens (primary N) is 1. The number of nitrogens with zero attached hydrogens (tertiary/aromatic N) is 1. The summed E-state index contributed by atoms with van der Waals surface area (Å²) in [5.74, 6) is -0.955. The van der Waals surface area contributed by atoms with E-state index in [0.29, 0.717) is 24.3 Å². The zero-order valence-electron chi connectivity index (χ0n) is 15.3. The van der Waals surface area contributed by atoms with Crippen molar-refractivity contribution in [3.8, 4) is 0 Å². The maximum Gasteiger partial charge on any atom is 0.339 e. The number of ether oxygens (including phenoxy) is 1. The van der Waals surface area contributed by atoms with Crippen molar-refractivity contribution in [3.05, 3.63) is 65.7 Å². The highest BCUT2D eigenvalue weighted by atomic mass is 16.5. The molecule has 0 unspecified atom stereocenters. The summed E-state index contributed by atoms with van der Waals surface area (Å²) in [6, 6.07) is 14.3. The first kappa shape index (κ1) is 20.0. The van der Waals surface area contributed by atoms with E-state index in [1.165, 1.54) is 6.07 Å². The number of rotatable bonds is 7. The number of esters is 1. The standard InChI is InChI=1S/C20H23N3O4/c1-3-23(4-2)18(24)17(14-9-6-5-7-10-14)27-19(25)15-11-8-12-16(13-15)22-20(21)26/h5-13,17H,3-4H2,1-2H3,(H3,21,22,26)/t17-/m0/s1. The predicted octanol–water partition coefficient (Wildman–Crippen LogP) is 2.94. The van der Waals surface area contributed by atoms with E-state index >= 15 is 0 Å². The highest BCUT2D eigenvalue weighted by Gasteiger charge is 2.28. The van der Waals surface area contributed by atoms with Crippen molar-refractivity contribution >= 4 is 23.6 Å². The van der Waals surface area contributed by atoms with Crippen LogP contribution in [0.25, 0.3) is 0 Å². The van der Waals surface area contributed by atoms with Gasteiger partial charge in [-0.1, -0.05) is 36.4 Å². The Kier molecular flexibility index (Phi) is 6.93. The lowest BCUT2D eigenvalue weighted by molar-refractivity contribution is -0.140. The van der Waals surface area contributed by atoms with E-state index < -0.39 is 18.1 Å². The molecule has 0 radical (unpaired) electrons. The summed E-state index contributed by atoms with van der Waals surface area (Å²) in [4.78, 5) is 38.1. The minimum atomic E-state index is -1.05. The average molecular weight is 369 g/mol. The summed E-state index contributed by atoms with van der Waals surface area (Å²) in [5, 5.41) is 2.40. The molecule has 3 N–H and O–H groups in total. The Morgan fingerprint density at radius 3 is 2.30 bits per heavy atom. The van der Waals surface area contributed by atoms with E-state index in [-0.39, 0.29) is 11.5 Å². The number of anilines is 1. The van der Waals surface area contributed by atoms with Crippen LogP contribution in [0.3, 0.4) is 0 Å². The fraction of sp³-hybridized carbons (Fsp3) is 0.250. The van der Waals surface area contributed by atoms with Crippen molar-refractivity contribution < 1.29 is 19.1 Å². The minimum absolute atomic E-state index is 0.203. The van der Waals surface area contributed by atoms with Gasteiger partial charge in [0, 0.05) is 24.3 Å². The highest BCUT2D eigenvalue weighted by molar-refractivity contribution is 5.95. The molecule has 0 saturated heterocycles. The molecule has 7 heteroatoms. The third-order valence-electron chi connectivity index (χ3n) is 3.99. The van der Waals surface area contributed by atoms with Crippen molar-refractivity contribution in [2.24, 2.45) is 5.73 Å². The molecular formula is C20H23N3O4. The van der Waals surface area contributed by atoms with E-state index in [0.717, 1.165) is 0 Å². The van der Waals surface area contributed by atoms with Crippen LogP contribution in [0.5, 0.6) is 0 Å². The van der Waals surface area contributed by atoms with Gasteiger partial charge in [0.1, 0.15) is 0 Å². The Morgan fingerprint density at radius 1 is 1.04 bits per heavy atom. The average Bonchev–Trinajstić information content (AvgIpc) is 2.67. The normalized spacial score (nSPS) is 11.3. The molecule has 142 valence electrons. The molecule has 2 aromatic carbocycles. The largest absolute Gasteiger partial charge is 0.444 e. The van der Waals surface area contributed by atoms with E-state index in [1.807, 2.05) is 19.9 Å². The lowest BCUT2D eigenvalue weighted by Crippen LogP contribution is -2.36. The highest BCUT2D eigenvalue weighted by Crippen LogP contribution is 2.23. The zero-order valence-corrected chi connectivity index (χ0v) is 15.3. The molecule has 2 aromatic rings. The number of primary amides is 1. The molecule has 7 nitrogen and oxygen atoms in total. The van der Waals surface area contributed by atoms with Crippen molar-refractivity contribution in [3.63, 3.8) is 0 Å². The molecule has 0 aliphatic carbocycles. The molecular weight excluding hydrogens is 346 g/mol. The van der Waals surface area contributed by atoms with Crippen LogP contribution >= 0.6 is 0 Å². The number of benzene rings is 2. The van der Waals surface area contributed by atoms with E-state index in [4.69, 9.17) is 10.5 Å². The Bertz CT molecular complexity index is 804. The molecule has 1 atom stereocenters. The smallest absolute Gasteiger partial charge is 0.339 e. The van der Waals surface area contributed by atoms with Crippen LogP contribution in [0.4, 0.5) is 10.5 Å². The molecule has 3 amide bonds. The van der Waals surface area contributed by atoms with Crippen LogP contribution in [0.1, 0.15) is 35.9 Å². The Morgan fingerprint density at radius 2 is 1.70 bits per heavy atom. The second kappa shape index (κ2) is 9.38. The minimum Gasteiger partial charge on any atom is -0.444 e. The van der Waals surface area contributed by atoms with Crippen LogP contribution in [-0.2, 0) is 9.53 Å². The van der Waals surface area contributed by atoms with Gasteiger partial charge in [-0.2, -0.15) is 0 Å². The SMILES string of the molecule is CCN(CC)C(=O)[C@@H](OC(=O)c1cccc(NC(N)=O)c1)c1ccccc1.